The SMILES string of the molecule is C=CCN1CCC2(c3cccc(OC(C)=O)c3)CC(N(CC(C)C)C(=O)c3ccc4ccccc4c3)CC(O)C2C1. The van der Waals surface area contributed by atoms with E-state index in [0.29, 0.717) is 24.3 Å². The van der Waals surface area contributed by atoms with E-state index < -0.39 is 6.10 Å². The smallest absolute Gasteiger partial charge is 0.308 e. The lowest BCUT2D eigenvalue weighted by Gasteiger charge is -2.56. The van der Waals surface area contributed by atoms with Crippen LogP contribution in [0, 0.1) is 11.8 Å². The molecule has 216 valence electrons. The standard InChI is InChI=1S/C35H42N2O4/c1-5-16-36-17-15-35(29-11-8-12-31(19-29)41-25(4)38)21-30(20-33(39)32(35)23-36)37(22-24(2)3)34(40)28-14-13-26-9-6-7-10-27(26)18-28/h5-14,18-19,24,30,32-33,39H,1,15-17,20-23H2,2-4H3. The van der Waals surface area contributed by atoms with E-state index in [9.17, 15) is 14.7 Å². The van der Waals surface area contributed by atoms with E-state index in [2.05, 4.69) is 37.5 Å². The van der Waals surface area contributed by atoms with Gasteiger partial charge in [-0.05, 0) is 72.3 Å². The summed E-state index contributed by atoms with van der Waals surface area (Å²) in [7, 11) is 0. The molecule has 2 fully saturated rings. The van der Waals surface area contributed by atoms with Crippen LogP contribution in [0.1, 0.15) is 56.0 Å². The van der Waals surface area contributed by atoms with Crippen LogP contribution in [0.25, 0.3) is 10.8 Å². The number of ether oxygens (including phenoxy) is 1. The van der Waals surface area contributed by atoms with E-state index >= 15 is 0 Å². The summed E-state index contributed by atoms with van der Waals surface area (Å²) >= 11 is 0. The second kappa shape index (κ2) is 12.2. The number of aliphatic hydroxyl groups is 1. The fraction of sp³-hybridized carbons (Fsp3) is 0.429. The highest BCUT2D eigenvalue weighted by atomic mass is 16.5. The molecular weight excluding hydrogens is 512 g/mol. The van der Waals surface area contributed by atoms with Crippen molar-refractivity contribution in [3.8, 4) is 5.75 Å². The highest BCUT2D eigenvalue weighted by Gasteiger charge is 2.53. The molecule has 1 saturated carbocycles. The van der Waals surface area contributed by atoms with Crippen LogP contribution < -0.4 is 4.74 Å². The molecule has 2 aliphatic rings. The summed E-state index contributed by atoms with van der Waals surface area (Å²) in [6, 6.07) is 21.7. The Bertz CT molecular complexity index is 1420. The molecule has 0 aromatic heterocycles. The van der Waals surface area contributed by atoms with Gasteiger partial charge >= 0.3 is 5.97 Å². The lowest BCUT2D eigenvalue weighted by Crippen LogP contribution is -2.61. The average Bonchev–Trinajstić information content (AvgIpc) is 2.95. The van der Waals surface area contributed by atoms with Crippen LogP contribution in [-0.2, 0) is 10.2 Å². The molecule has 4 atom stereocenters. The first-order valence-electron chi connectivity index (χ1n) is 14.8. The molecule has 1 aliphatic carbocycles. The number of fused-ring (bicyclic) bond motifs is 2. The molecule has 0 spiro atoms. The van der Waals surface area contributed by atoms with Gasteiger partial charge in [0.15, 0.2) is 0 Å². The predicted molar refractivity (Wildman–Crippen MR) is 163 cm³/mol. The van der Waals surface area contributed by atoms with Gasteiger partial charge in [-0.2, -0.15) is 0 Å². The number of carbonyl (C=O) groups excluding carboxylic acids is 2. The van der Waals surface area contributed by atoms with Gasteiger partial charge in [0.2, 0.25) is 0 Å². The fourth-order valence-electron chi connectivity index (χ4n) is 7.15. The van der Waals surface area contributed by atoms with Crippen molar-refractivity contribution < 1.29 is 19.4 Å². The Labute approximate surface area is 243 Å². The molecule has 5 rings (SSSR count). The van der Waals surface area contributed by atoms with Crippen LogP contribution in [0.15, 0.2) is 79.4 Å². The molecule has 0 radical (unpaired) electrons. The summed E-state index contributed by atoms with van der Waals surface area (Å²) in [4.78, 5) is 30.3. The first kappa shape index (κ1) is 29.0. The Morgan fingerprint density at radius 1 is 1.12 bits per heavy atom. The monoisotopic (exact) mass is 554 g/mol. The lowest BCUT2D eigenvalue weighted by molar-refractivity contribution is -0.131. The number of carbonyl (C=O) groups is 2. The number of piperidine rings is 1. The van der Waals surface area contributed by atoms with Gasteiger partial charge in [-0.3, -0.25) is 14.5 Å². The number of aliphatic hydroxyl groups excluding tert-OH is 1. The van der Waals surface area contributed by atoms with Crippen LogP contribution in [-0.4, -0.2) is 65.1 Å². The third-order valence-electron chi connectivity index (χ3n) is 8.93. The maximum absolute atomic E-state index is 14.2. The molecule has 1 heterocycles. The molecule has 0 bridgehead atoms. The Morgan fingerprint density at radius 3 is 2.63 bits per heavy atom. The summed E-state index contributed by atoms with van der Waals surface area (Å²) in [5, 5.41) is 13.9. The number of hydrogen-bond donors (Lipinski definition) is 1. The third-order valence-corrected chi connectivity index (χ3v) is 8.93. The quantitative estimate of drug-likeness (QED) is 0.216. The van der Waals surface area contributed by atoms with Crippen LogP contribution in [0.3, 0.4) is 0 Å². The van der Waals surface area contributed by atoms with Crippen molar-refractivity contribution in [3.05, 3.63) is 90.5 Å². The normalized spacial score (nSPS) is 24.6. The first-order chi connectivity index (χ1) is 19.7. The van der Waals surface area contributed by atoms with Gasteiger partial charge in [0, 0.05) is 49.5 Å². The van der Waals surface area contributed by atoms with Crippen LogP contribution >= 0.6 is 0 Å². The molecule has 1 aliphatic heterocycles. The van der Waals surface area contributed by atoms with E-state index in [0.717, 1.165) is 48.8 Å². The zero-order valence-corrected chi connectivity index (χ0v) is 24.5. The molecular formula is C35H42N2O4. The van der Waals surface area contributed by atoms with Crippen molar-refractivity contribution in [1.82, 2.24) is 9.80 Å². The van der Waals surface area contributed by atoms with E-state index in [1.54, 1.807) is 6.07 Å². The van der Waals surface area contributed by atoms with Crippen molar-refractivity contribution in [1.29, 1.82) is 0 Å². The summed E-state index contributed by atoms with van der Waals surface area (Å²) in [5.41, 5.74) is 1.37. The van der Waals surface area contributed by atoms with Crippen LogP contribution in [0.4, 0.5) is 0 Å². The van der Waals surface area contributed by atoms with Gasteiger partial charge in [-0.1, -0.05) is 62.4 Å². The summed E-state index contributed by atoms with van der Waals surface area (Å²) in [6.07, 6.45) is 3.44. The third kappa shape index (κ3) is 6.09. The second-order valence-electron chi connectivity index (χ2n) is 12.3. The first-order valence-corrected chi connectivity index (χ1v) is 14.8. The van der Waals surface area contributed by atoms with Crippen molar-refractivity contribution in [2.24, 2.45) is 11.8 Å². The zero-order valence-electron chi connectivity index (χ0n) is 24.5. The van der Waals surface area contributed by atoms with Crippen molar-refractivity contribution in [2.75, 3.05) is 26.2 Å². The molecule has 6 heteroatoms. The molecule has 41 heavy (non-hydrogen) atoms. The maximum Gasteiger partial charge on any atom is 0.308 e. The van der Waals surface area contributed by atoms with Crippen molar-refractivity contribution in [2.45, 2.75) is 57.6 Å². The highest BCUT2D eigenvalue weighted by molar-refractivity contribution is 5.98. The highest BCUT2D eigenvalue weighted by Crippen LogP contribution is 2.51. The van der Waals surface area contributed by atoms with Crippen molar-refractivity contribution >= 4 is 22.6 Å². The molecule has 1 amide bonds. The molecule has 6 nitrogen and oxygen atoms in total. The Morgan fingerprint density at radius 2 is 1.90 bits per heavy atom. The van der Waals surface area contributed by atoms with Crippen molar-refractivity contribution in [3.63, 3.8) is 0 Å². The number of benzene rings is 3. The minimum atomic E-state index is -0.585. The van der Waals surface area contributed by atoms with Gasteiger partial charge in [0.1, 0.15) is 5.75 Å². The number of hydrogen-bond acceptors (Lipinski definition) is 5. The Hall–Kier alpha value is -3.48. The van der Waals surface area contributed by atoms with E-state index in [1.165, 1.54) is 6.92 Å². The number of rotatable bonds is 8. The van der Waals surface area contributed by atoms with Gasteiger partial charge in [-0.25, -0.2) is 0 Å². The van der Waals surface area contributed by atoms with E-state index in [4.69, 9.17) is 4.74 Å². The van der Waals surface area contributed by atoms with Crippen LogP contribution in [0.2, 0.25) is 0 Å². The van der Waals surface area contributed by atoms with Crippen LogP contribution in [0.5, 0.6) is 5.75 Å². The Balaban J connectivity index is 1.54. The number of likely N-dealkylation sites (tertiary alicyclic amines) is 1. The minimum absolute atomic E-state index is 0.00742. The Kier molecular flexibility index (Phi) is 8.62. The number of amides is 1. The molecule has 3 aromatic carbocycles. The molecule has 1 saturated heterocycles. The minimum Gasteiger partial charge on any atom is -0.427 e. The predicted octanol–water partition coefficient (Wildman–Crippen LogP) is 5.83. The van der Waals surface area contributed by atoms with Gasteiger partial charge in [0.05, 0.1) is 6.10 Å². The van der Waals surface area contributed by atoms with Gasteiger partial charge in [0.25, 0.3) is 5.91 Å². The van der Waals surface area contributed by atoms with E-state index in [-0.39, 0.29) is 35.2 Å². The molecule has 1 N–H and O–H groups in total. The largest absolute Gasteiger partial charge is 0.427 e. The number of nitrogens with zero attached hydrogens (tertiary/aromatic N) is 2. The zero-order chi connectivity index (χ0) is 29.1. The molecule has 3 aromatic rings. The fourth-order valence-corrected chi connectivity index (χ4v) is 7.15. The summed E-state index contributed by atoms with van der Waals surface area (Å²) < 4.78 is 5.48. The van der Waals surface area contributed by atoms with E-state index in [1.807, 2.05) is 59.5 Å². The number of esters is 1. The van der Waals surface area contributed by atoms with Gasteiger partial charge in [-0.15, -0.1) is 6.58 Å². The maximum atomic E-state index is 14.2. The average molecular weight is 555 g/mol. The van der Waals surface area contributed by atoms with Gasteiger partial charge < -0.3 is 14.7 Å². The summed E-state index contributed by atoms with van der Waals surface area (Å²) in [5.74, 6) is 0.416. The summed E-state index contributed by atoms with van der Waals surface area (Å²) in [6.45, 7) is 12.6. The lowest BCUT2D eigenvalue weighted by atomic mass is 9.56. The second-order valence-corrected chi connectivity index (χ2v) is 12.3. The molecule has 4 unspecified atom stereocenters. The topological polar surface area (TPSA) is 70.1 Å².